The zero-order valence-electron chi connectivity index (χ0n) is 11.6. The summed E-state index contributed by atoms with van der Waals surface area (Å²) in [6.07, 6.45) is 2.94. The molecule has 0 N–H and O–H groups in total. The molecule has 0 aliphatic heterocycles. The van der Waals surface area contributed by atoms with Gasteiger partial charge in [0.25, 0.3) is 0 Å². The highest BCUT2D eigenvalue weighted by atomic mass is 32.2. The minimum atomic E-state index is -3.58. The largest absolute Gasteiger partial charge is 0.399 e. The Bertz CT molecular complexity index is 600. The molecule has 0 aromatic heterocycles. The highest BCUT2D eigenvalue weighted by Crippen LogP contribution is 2.15. The zero-order valence-corrected chi connectivity index (χ0v) is 12.4. The summed E-state index contributed by atoms with van der Waals surface area (Å²) >= 11 is 0. The molecule has 0 heterocycles. The van der Waals surface area contributed by atoms with Gasteiger partial charge in [-0.1, -0.05) is 29.4 Å². The monoisotopic (exact) mass is 294 g/mol. The molecular weight excluding hydrogens is 276 g/mol. The summed E-state index contributed by atoms with van der Waals surface area (Å²) < 4.78 is 26.3. The van der Waals surface area contributed by atoms with Crippen molar-refractivity contribution in [2.45, 2.75) is 11.8 Å². The van der Waals surface area contributed by atoms with Crippen LogP contribution in [0.2, 0.25) is 0 Å². The third-order valence-electron chi connectivity index (χ3n) is 2.56. The smallest absolute Gasteiger partial charge is 0.243 e. The SMILES string of the molecule is C=C=CCN(C/C=N/OC)S(=O)(=O)c1ccc(C)cc1. The van der Waals surface area contributed by atoms with Crippen molar-refractivity contribution in [2.75, 3.05) is 20.2 Å². The van der Waals surface area contributed by atoms with E-state index in [1.807, 2.05) is 6.92 Å². The van der Waals surface area contributed by atoms with Crippen molar-refractivity contribution in [3.05, 3.63) is 48.2 Å². The van der Waals surface area contributed by atoms with Gasteiger partial charge in [0.1, 0.15) is 7.11 Å². The maximum absolute atomic E-state index is 12.5. The van der Waals surface area contributed by atoms with Gasteiger partial charge in [0.05, 0.1) is 17.7 Å². The van der Waals surface area contributed by atoms with Crippen molar-refractivity contribution < 1.29 is 13.3 Å². The van der Waals surface area contributed by atoms with Gasteiger partial charge in [0.2, 0.25) is 10.0 Å². The molecule has 6 heteroatoms. The molecule has 0 unspecified atom stereocenters. The molecule has 0 saturated heterocycles. The van der Waals surface area contributed by atoms with E-state index in [9.17, 15) is 8.42 Å². The van der Waals surface area contributed by atoms with Crippen LogP contribution in [0.1, 0.15) is 5.56 Å². The van der Waals surface area contributed by atoms with Gasteiger partial charge in [0.15, 0.2) is 0 Å². The number of hydrogen-bond donors (Lipinski definition) is 0. The van der Waals surface area contributed by atoms with Crippen LogP contribution in [0.4, 0.5) is 0 Å². The molecule has 0 saturated carbocycles. The lowest BCUT2D eigenvalue weighted by Gasteiger charge is -2.18. The molecule has 0 amide bonds. The molecule has 0 fully saturated rings. The lowest BCUT2D eigenvalue weighted by molar-refractivity contribution is 0.214. The van der Waals surface area contributed by atoms with Crippen molar-refractivity contribution in [3.8, 4) is 0 Å². The van der Waals surface area contributed by atoms with Crippen molar-refractivity contribution in [1.29, 1.82) is 0 Å². The van der Waals surface area contributed by atoms with E-state index in [0.717, 1.165) is 5.56 Å². The Hall–Kier alpha value is -1.88. The number of hydrogen-bond acceptors (Lipinski definition) is 4. The molecule has 108 valence electrons. The van der Waals surface area contributed by atoms with E-state index in [-0.39, 0.29) is 18.0 Å². The highest BCUT2D eigenvalue weighted by Gasteiger charge is 2.22. The summed E-state index contributed by atoms with van der Waals surface area (Å²) in [7, 11) is -2.18. The Labute approximate surface area is 119 Å². The van der Waals surface area contributed by atoms with Crippen LogP contribution < -0.4 is 0 Å². The lowest BCUT2D eigenvalue weighted by atomic mass is 10.2. The number of oxime groups is 1. The first kappa shape index (κ1) is 16.2. The maximum Gasteiger partial charge on any atom is 0.243 e. The molecule has 0 spiro atoms. The predicted molar refractivity (Wildman–Crippen MR) is 79.1 cm³/mol. The Morgan fingerprint density at radius 1 is 1.35 bits per heavy atom. The summed E-state index contributed by atoms with van der Waals surface area (Å²) in [6, 6.07) is 6.70. The second kappa shape index (κ2) is 7.65. The lowest BCUT2D eigenvalue weighted by Crippen LogP contribution is -2.33. The quantitative estimate of drug-likeness (QED) is 0.439. The molecule has 0 radical (unpaired) electrons. The molecule has 5 nitrogen and oxygen atoms in total. The average Bonchev–Trinajstić information content (AvgIpc) is 2.43. The molecule has 1 aromatic rings. The van der Waals surface area contributed by atoms with E-state index >= 15 is 0 Å². The van der Waals surface area contributed by atoms with Gasteiger partial charge in [0, 0.05) is 6.54 Å². The maximum atomic E-state index is 12.5. The van der Waals surface area contributed by atoms with Gasteiger partial charge in [-0.25, -0.2) is 8.42 Å². The van der Waals surface area contributed by atoms with Gasteiger partial charge >= 0.3 is 0 Å². The third kappa shape index (κ3) is 4.35. The van der Waals surface area contributed by atoms with Crippen LogP contribution >= 0.6 is 0 Å². The Kier molecular flexibility index (Phi) is 6.18. The predicted octanol–water partition coefficient (Wildman–Crippen LogP) is 1.96. The van der Waals surface area contributed by atoms with Crippen LogP contribution in [0.3, 0.4) is 0 Å². The summed E-state index contributed by atoms with van der Waals surface area (Å²) in [5.74, 6) is 0. The average molecular weight is 294 g/mol. The Morgan fingerprint density at radius 2 is 2.00 bits per heavy atom. The highest BCUT2D eigenvalue weighted by molar-refractivity contribution is 7.89. The van der Waals surface area contributed by atoms with Gasteiger partial charge in [-0.05, 0) is 25.1 Å². The molecule has 0 aliphatic carbocycles. The Balaban J connectivity index is 3.05. The fourth-order valence-corrected chi connectivity index (χ4v) is 2.81. The summed E-state index contributed by atoms with van der Waals surface area (Å²) in [6.45, 7) is 5.63. The fraction of sp³-hybridized carbons (Fsp3) is 0.286. The number of sulfonamides is 1. The fourth-order valence-electron chi connectivity index (χ4n) is 1.50. The number of rotatable bonds is 7. The minimum Gasteiger partial charge on any atom is -0.399 e. The van der Waals surface area contributed by atoms with Gasteiger partial charge in [-0.15, -0.1) is 5.73 Å². The van der Waals surface area contributed by atoms with Crippen molar-refractivity contribution in [2.24, 2.45) is 5.16 Å². The normalized spacial score (nSPS) is 11.6. The van der Waals surface area contributed by atoms with Gasteiger partial charge < -0.3 is 4.84 Å². The first-order valence-corrected chi connectivity index (χ1v) is 7.42. The van der Waals surface area contributed by atoms with Crippen LogP contribution in [-0.4, -0.2) is 39.1 Å². The second-order valence-corrected chi connectivity index (χ2v) is 5.95. The second-order valence-electron chi connectivity index (χ2n) is 4.01. The zero-order chi connectivity index (χ0) is 15.0. The Morgan fingerprint density at radius 3 is 2.55 bits per heavy atom. The summed E-state index contributed by atoms with van der Waals surface area (Å²) in [4.78, 5) is 4.78. The van der Waals surface area contributed by atoms with Crippen LogP contribution in [0.25, 0.3) is 0 Å². The van der Waals surface area contributed by atoms with Crippen molar-refractivity contribution >= 4 is 16.2 Å². The first-order chi connectivity index (χ1) is 9.52. The standard InChI is InChI=1S/C14H18N2O3S/c1-4-5-11-16(12-10-15-19-3)20(17,18)14-8-6-13(2)7-9-14/h5-10H,1,11-12H2,2-3H3/b15-10+. The minimum absolute atomic E-state index is 0.113. The summed E-state index contributed by atoms with van der Waals surface area (Å²) in [5, 5.41) is 3.56. The van der Waals surface area contributed by atoms with E-state index in [2.05, 4.69) is 22.3 Å². The van der Waals surface area contributed by atoms with Crippen LogP contribution in [-0.2, 0) is 14.9 Å². The number of benzene rings is 1. The van der Waals surface area contributed by atoms with Crippen molar-refractivity contribution in [3.63, 3.8) is 0 Å². The van der Waals surface area contributed by atoms with Gasteiger partial charge in [-0.2, -0.15) is 4.31 Å². The van der Waals surface area contributed by atoms with E-state index in [1.165, 1.54) is 17.6 Å². The molecular formula is C14H18N2O3S. The summed E-state index contributed by atoms with van der Waals surface area (Å²) in [5.41, 5.74) is 3.57. The topological polar surface area (TPSA) is 59.0 Å². The van der Waals surface area contributed by atoms with E-state index < -0.39 is 10.0 Å². The van der Waals surface area contributed by atoms with E-state index in [4.69, 9.17) is 0 Å². The number of nitrogens with zero attached hydrogens (tertiary/aromatic N) is 2. The molecule has 0 atom stereocenters. The van der Waals surface area contributed by atoms with Gasteiger partial charge in [-0.3, -0.25) is 0 Å². The third-order valence-corrected chi connectivity index (χ3v) is 4.41. The molecule has 0 bridgehead atoms. The molecule has 20 heavy (non-hydrogen) atoms. The first-order valence-electron chi connectivity index (χ1n) is 5.98. The van der Waals surface area contributed by atoms with E-state index in [1.54, 1.807) is 30.3 Å². The number of aryl methyl sites for hydroxylation is 1. The molecule has 1 rings (SSSR count). The van der Waals surface area contributed by atoms with Crippen LogP contribution in [0.5, 0.6) is 0 Å². The van der Waals surface area contributed by atoms with E-state index in [0.29, 0.717) is 0 Å². The van der Waals surface area contributed by atoms with Crippen molar-refractivity contribution in [1.82, 2.24) is 4.31 Å². The van der Waals surface area contributed by atoms with Crippen LogP contribution in [0.15, 0.2) is 52.7 Å². The van der Waals surface area contributed by atoms with Crippen LogP contribution in [0, 0.1) is 6.92 Å². The molecule has 0 aliphatic rings. The molecule has 1 aromatic carbocycles.